The molecule has 1 aromatic heterocycles. The first-order chi connectivity index (χ1) is 9.99. The summed E-state index contributed by atoms with van der Waals surface area (Å²) in [5, 5.41) is 10.3. The number of nitrogen functional groups attached to an aromatic ring is 1. The van der Waals surface area contributed by atoms with E-state index in [1.165, 1.54) is 35.5 Å². The lowest BCUT2D eigenvalue weighted by molar-refractivity contribution is 0.0833. The second-order valence-electron chi connectivity index (χ2n) is 5.67. The van der Waals surface area contributed by atoms with Crippen molar-refractivity contribution in [3.8, 4) is 6.07 Å². The fourth-order valence-corrected chi connectivity index (χ4v) is 3.73. The minimum Gasteiger partial charge on any atom is -0.396 e. The minimum atomic E-state index is -0.139. The zero-order valence-electron chi connectivity index (χ0n) is 12.8. The molecular formula is C15H22N4OS. The van der Waals surface area contributed by atoms with Gasteiger partial charge in [0.2, 0.25) is 0 Å². The Balaban J connectivity index is 2.35. The molecule has 114 valence electrons. The number of amides is 1. The summed E-state index contributed by atoms with van der Waals surface area (Å²) < 4.78 is 0. The largest absolute Gasteiger partial charge is 0.396 e. The van der Waals surface area contributed by atoms with Crippen molar-refractivity contribution < 1.29 is 4.79 Å². The van der Waals surface area contributed by atoms with Gasteiger partial charge in [-0.1, -0.05) is 6.42 Å². The second kappa shape index (κ2) is 6.35. The summed E-state index contributed by atoms with van der Waals surface area (Å²) in [6, 6.07) is 2.18. The molecule has 0 aliphatic heterocycles. The Morgan fingerprint density at radius 3 is 2.57 bits per heavy atom. The minimum absolute atomic E-state index is 0.139. The van der Waals surface area contributed by atoms with Gasteiger partial charge in [0.25, 0.3) is 5.91 Å². The Bertz CT molecular complexity index is 569. The number of hydrogen-bond donors (Lipinski definition) is 1. The SMILES string of the molecule is CCN(CC1CCC1)c1sc(C(=O)N(C)C)c(N)c1C#N. The Morgan fingerprint density at radius 2 is 2.14 bits per heavy atom. The Hall–Kier alpha value is -1.74. The molecule has 0 atom stereocenters. The number of nitrogens with zero attached hydrogens (tertiary/aromatic N) is 3. The summed E-state index contributed by atoms with van der Waals surface area (Å²) >= 11 is 1.34. The highest BCUT2D eigenvalue weighted by Gasteiger charge is 2.27. The van der Waals surface area contributed by atoms with E-state index >= 15 is 0 Å². The lowest BCUT2D eigenvalue weighted by Crippen LogP contribution is -2.32. The maximum atomic E-state index is 12.2. The first-order valence-electron chi connectivity index (χ1n) is 7.28. The van der Waals surface area contributed by atoms with Crippen molar-refractivity contribution in [2.45, 2.75) is 26.2 Å². The van der Waals surface area contributed by atoms with Crippen LogP contribution in [0.3, 0.4) is 0 Å². The van der Waals surface area contributed by atoms with E-state index in [9.17, 15) is 10.1 Å². The van der Waals surface area contributed by atoms with Gasteiger partial charge < -0.3 is 15.5 Å². The third-order valence-electron chi connectivity index (χ3n) is 4.01. The predicted molar refractivity (Wildman–Crippen MR) is 86.7 cm³/mol. The molecule has 0 saturated heterocycles. The highest BCUT2D eigenvalue weighted by molar-refractivity contribution is 7.19. The number of carbonyl (C=O) groups excluding carboxylic acids is 1. The smallest absolute Gasteiger partial charge is 0.265 e. The molecule has 1 aliphatic rings. The number of carbonyl (C=O) groups is 1. The van der Waals surface area contributed by atoms with Crippen LogP contribution in [0, 0.1) is 17.2 Å². The van der Waals surface area contributed by atoms with Crippen molar-refractivity contribution in [3.63, 3.8) is 0 Å². The van der Waals surface area contributed by atoms with Gasteiger partial charge in [-0.2, -0.15) is 5.26 Å². The number of hydrogen-bond acceptors (Lipinski definition) is 5. The first-order valence-corrected chi connectivity index (χ1v) is 8.10. The van der Waals surface area contributed by atoms with Crippen LogP contribution in [0.5, 0.6) is 0 Å². The van der Waals surface area contributed by atoms with Crippen LogP contribution in [0.2, 0.25) is 0 Å². The number of thiophene rings is 1. The van der Waals surface area contributed by atoms with Crippen molar-refractivity contribution in [2.24, 2.45) is 5.92 Å². The second-order valence-corrected chi connectivity index (χ2v) is 6.67. The van der Waals surface area contributed by atoms with Crippen molar-refractivity contribution in [1.29, 1.82) is 5.26 Å². The molecule has 6 heteroatoms. The molecule has 1 aliphatic carbocycles. The van der Waals surface area contributed by atoms with Crippen LogP contribution in [0.15, 0.2) is 0 Å². The van der Waals surface area contributed by atoms with Gasteiger partial charge in [-0.15, -0.1) is 11.3 Å². The van der Waals surface area contributed by atoms with Gasteiger partial charge in [0.15, 0.2) is 0 Å². The van der Waals surface area contributed by atoms with Crippen LogP contribution in [0.1, 0.15) is 41.4 Å². The van der Waals surface area contributed by atoms with E-state index in [1.807, 2.05) is 0 Å². The fraction of sp³-hybridized carbons (Fsp3) is 0.600. The third-order valence-corrected chi connectivity index (χ3v) is 5.27. The topological polar surface area (TPSA) is 73.4 Å². The summed E-state index contributed by atoms with van der Waals surface area (Å²) in [4.78, 5) is 16.3. The summed E-state index contributed by atoms with van der Waals surface area (Å²) in [5.41, 5.74) is 6.81. The summed E-state index contributed by atoms with van der Waals surface area (Å²) in [6.45, 7) is 3.84. The van der Waals surface area contributed by atoms with Crippen LogP contribution >= 0.6 is 11.3 Å². The molecule has 1 aromatic rings. The van der Waals surface area contributed by atoms with Gasteiger partial charge in [0.05, 0.1) is 5.69 Å². The monoisotopic (exact) mass is 306 g/mol. The molecule has 0 radical (unpaired) electrons. The van der Waals surface area contributed by atoms with Crippen LogP contribution in [-0.2, 0) is 0 Å². The van der Waals surface area contributed by atoms with Crippen molar-refractivity contribution in [3.05, 3.63) is 10.4 Å². The summed E-state index contributed by atoms with van der Waals surface area (Å²) in [5.74, 6) is 0.563. The quantitative estimate of drug-likeness (QED) is 0.907. The van der Waals surface area contributed by atoms with Crippen molar-refractivity contribution in [1.82, 2.24) is 4.90 Å². The number of rotatable bonds is 5. The van der Waals surface area contributed by atoms with Crippen LogP contribution < -0.4 is 10.6 Å². The maximum Gasteiger partial charge on any atom is 0.265 e. The molecule has 1 amide bonds. The molecule has 2 rings (SSSR count). The molecule has 2 N–H and O–H groups in total. The Morgan fingerprint density at radius 1 is 1.48 bits per heavy atom. The highest BCUT2D eigenvalue weighted by atomic mass is 32.1. The molecule has 21 heavy (non-hydrogen) atoms. The first kappa shape index (κ1) is 15.6. The van der Waals surface area contributed by atoms with Gasteiger partial charge in [-0.3, -0.25) is 4.79 Å². The van der Waals surface area contributed by atoms with E-state index < -0.39 is 0 Å². The normalized spacial score (nSPS) is 14.4. The number of anilines is 2. The Kier molecular flexibility index (Phi) is 4.73. The number of nitrogens with two attached hydrogens (primary N) is 1. The van der Waals surface area contributed by atoms with Crippen LogP contribution in [-0.4, -0.2) is 38.0 Å². The summed E-state index contributed by atoms with van der Waals surface area (Å²) in [7, 11) is 3.39. The number of nitriles is 1. The average Bonchev–Trinajstić information content (AvgIpc) is 2.73. The highest BCUT2D eigenvalue weighted by Crippen LogP contribution is 2.39. The van der Waals surface area contributed by atoms with Gasteiger partial charge in [-0.05, 0) is 25.7 Å². The van der Waals surface area contributed by atoms with Gasteiger partial charge in [-0.25, -0.2) is 0 Å². The van der Waals surface area contributed by atoms with Gasteiger partial charge in [0.1, 0.15) is 21.5 Å². The van der Waals surface area contributed by atoms with E-state index in [2.05, 4.69) is 17.9 Å². The zero-order valence-corrected chi connectivity index (χ0v) is 13.7. The molecule has 1 saturated carbocycles. The standard InChI is InChI=1S/C15H22N4OS/c1-4-19(9-10-6-5-7-10)15-11(8-16)12(17)13(21-15)14(20)18(2)3/h10H,4-7,9,17H2,1-3H3. The predicted octanol–water partition coefficient (Wildman–Crippen LogP) is 2.53. The van der Waals surface area contributed by atoms with E-state index in [4.69, 9.17) is 5.73 Å². The molecule has 0 spiro atoms. The van der Waals surface area contributed by atoms with E-state index in [-0.39, 0.29) is 5.91 Å². The van der Waals surface area contributed by atoms with Crippen molar-refractivity contribution in [2.75, 3.05) is 37.8 Å². The Labute approximate surface area is 129 Å². The molecule has 0 aromatic carbocycles. The average molecular weight is 306 g/mol. The third kappa shape index (κ3) is 2.98. The molecule has 0 unspecified atom stereocenters. The van der Waals surface area contributed by atoms with E-state index in [0.717, 1.165) is 18.1 Å². The van der Waals surface area contributed by atoms with E-state index in [0.29, 0.717) is 22.0 Å². The molecular weight excluding hydrogens is 284 g/mol. The fourth-order valence-electron chi connectivity index (χ4n) is 2.47. The van der Waals surface area contributed by atoms with Crippen molar-refractivity contribution >= 4 is 27.9 Å². The maximum absolute atomic E-state index is 12.2. The lowest BCUT2D eigenvalue weighted by Gasteiger charge is -2.32. The van der Waals surface area contributed by atoms with E-state index in [1.54, 1.807) is 14.1 Å². The van der Waals surface area contributed by atoms with Gasteiger partial charge >= 0.3 is 0 Å². The molecule has 5 nitrogen and oxygen atoms in total. The molecule has 1 fully saturated rings. The molecule has 0 bridgehead atoms. The molecule has 1 heterocycles. The summed E-state index contributed by atoms with van der Waals surface area (Å²) in [6.07, 6.45) is 3.80. The van der Waals surface area contributed by atoms with Crippen LogP contribution in [0.25, 0.3) is 0 Å². The van der Waals surface area contributed by atoms with Crippen LogP contribution in [0.4, 0.5) is 10.7 Å². The lowest BCUT2D eigenvalue weighted by atomic mass is 9.85. The van der Waals surface area contributed by atoms with Gasteiger partial charge in [0, 0.05) is 27.2 Å². The zero-order chi connectivity index (χ0) is 15.6.